The summed E-state index contributed by atoms with van der Waals surface area (Å²) in [6.45, 7) is 2.81. The van der Waals surface area contributed by atoms with E-state index in [0.717, 1.165) is 48.8 Å². The molecule has 1 aromatic carbocycles. The van der Waals surface area contributed by atoms with Crippen molar-refractivity contribution in [3.8, 4) is 0 Å². The summed E-state index contributed by atoms with van der Waals surface area (Å²) < 4.78 is 66.4. The van der Waals surface area contributed by atoms with Gasteiger partial charge in [-0.2, -0.15) is 17.5 Å². The molecule has 0 atom stereocenters. The van der Waals surface area contributed by atoms with E-state index in [2.05, 4.69) is 17.3 Å². The second-order valence-electron chi connectivity index (χ2n) is 8.50. The van der Waals surface area contributed by atoms with E-state index in [4.69, 9.17) is 0 Å². The summed E-state index contributed by atoms with van der Waals surface area (Å²) in [6.07, 6.45) is -0.971. The number of amides is 1. The molecule has 174 valence electrons. The van der Waals surface area contributed by atoms with Gasteiger partial charge in [0.05, 0.1) is 10.5 Å². The van der Waals surface area contributed by atoms with Gasteiger partial charge in [-0.05, 0) is 70.3 Å². The highest BCUT2D eigenvalue weighted by Crippen LogP contribution is 2.36. The summed E-state index contributed by atoms with van der Waals surface area (Å²) in [5.74, 6) is 0.194. The third-order valence-electron chi connectivity index (χ3n) is 6.32. The van der Waals surface area contributed by atoms with Gasteiger partial charge in [-0.1, -0.05) is 12.1 Å². The zero-order chi connectivity index (χ0) is 22.6. The lowest BCUT2D eigenvalue weighted by Crippen LogP contribution is -2.43. The molecule has 10 heteroatoms. The van der Waals surface area contributed by atoms with Gasteiger partial charge in [0.1, 0.15) is 0 Å². The number of alkyl halides is 3. The van der Waals surface area contributed by atoms with Gasteiger partial charge in [0, 0.05) is 25.6 Å². The van der Waals surface area contributed by atoms with Crippen LogP contribution in [0.5, 0.6) is 0 Å². The Morgan fingerprint density at radius 2 is 1.68 bits per heavy atom. The Kier molecular flexibility index (Phi) is 7.64. The molecule has 0 saturated carbocycles. The SMILES string of the molecule is CN1CCC(CCNC(=O)C2CCN(S(=O)(=O)c3ccccc3C(F)(F)F)CC2)CC1. The van der Waals surface area contributed by atoms with Gasteiger partial charge in [0.2, 0.25) is 15.9 Å². The van der Waals surface area contributed by atoms with E-state index < -0.39 is 26.7 Å². The van der Waals surface area contributed by atoms with Gasteiger partial charge in [-0.15, -0.1) is 0 Å². The molecule has 0 radical (unpaired) electrons. The van der Waals surface area contributed by atoms with Crippen LogP contribution in [0.15, 0.2) is 29.2 Å². The van der Waals surface area contributed by atoms with Gasteiger partial charge in [0.25, 0.3) is 0 Å². The zero-order valence-corrected chi connectivity index (χ0v) is 18.5. The molecular weight excluding hydrogens is 431 g/mol. The molecule has 0 aliphatic carbocycles. The molecular formula is C21H30F3N3O3S. The lowest BCUT2D eigenvalue weighted by molar-refractivity contribution is -0.139. The van der Waals surface area contributed by atoms with E-state index in [1.54, 1.807) is 0 Å². The second kappa shape index (κ2) is 9.87. The van der Waals surface area contributed by atoms with Gasteiger partial charge in [-0.3, -0.25) is 4.79 Å². The van der Waals surface area contributed by atoms with Crippen LogP contribution in [0.25, 0.3) is 0 Å². The Hall–Kier alpha value is -1.65. The van der Waals surface area contributed by atoms with E-state index >= 15 is 0 Å². The maximum atomic E-state index is 13.2. The van der Waals surface area contributed by atoms with Gasteiger partial charge >= 0.3 is 6.18 Å². The van der Waals surface area contributed by atoms with Crippen LogP contribution in [0.3, 0.4) is 0 Å². The highest BCUT2D eigenvalue weighted by atomic mass is 32.2. The molecule has 6 nitrogen and oxygen atoms in total. The van der Waals surface area contributed by atoms with Gasteiger partial charge in [-0.25, -0.2) is 8.42 Å². The number of halogens is 3. The molecule has 0 bridgehead atoms. The first kappa shape index (κ1) is 24.0. The van der Waals surface area contributed by atoms with Crippen molar-refractivity contribution in [2.75, 3.05) is 39.8 Å². The van der Waals surface area contributed by atoms with Crippen LogP contribution in [-0.2, 0) is 21.0 Å². The third kappa shape index (κ3) is 5.98. The maximum absolute atomic E-state index is 13.2. The Morgan fingerprint density at radius 1 is 1.06 bits per heavy atom. The Labute approximate surface area is 181 Å². The largest absolute Gasteiger partial charge is 0.417 e. The third-order valence-corrected chi connectivity index (χ3v) is 8.28. The minimum absolute atomic E-state index is 0.0293. The van der Waals surface area contributed by atoms with Gasteiger partial charge in [0.15, 0.2) is 0 Å². The first-order valence-electron chi connectivity index (χ1n) is 10.7. The summed E-state index contributed by atoms with van der Waals surface area (Å²) >= 11 is 0. The number of hydrogen-bond acceptors (Lipinski definition) is 4. The number of nitrogens with zero attached hydrogens (tertiary/aromatic N) is 2. The minimum Gasteiger partial charge on any atom is -0.356 e. The van der Waals surface area contributed by atoms with E-state index in [0.29, 0.717) is 25.3 Å². The van der Waals surface area contributed by atoms with Crippen molar-refractivity contribution >= 4 is 15.9 Å². The fourth-order valence-corrected chi connectivity index (χ4v) is 6.00. The van der Waals surface area contributed by atoms with Crippen LogP contribution in [-0.4, -0.2) is 63.3 Å². The number of likely N-dealkylation sites (tertiary alicyclic amines) is 1. The Bertz CT molecular complexity index is 860. The molecule has 2 saturated heterocycles. The average Bonchev–Trinajstić information content (AvgIpc) is 2.74. The highest BCUT2D eigenvalue weighted by Gasteiger charge is 2.40. The lowest BCUT2D eigenvalue weighted by Gasteiger charge is -2.31. The molecule has 31 heavy (non-hydrogen) atoms. The number of sulfonamides is 1. The monoisotopic (exact) mass is 461 g/mol. The number of piperidine rings is 2. The van der Waals surface area contributed by atoms with Crippen LogP contribution in [0.4, 0.5) is 13.2 Å². The normalized spacial score (nSPS) is 20.6. The number of rotatable bonds is 6. The quantitative estimate of drug-likeness (QED) is 0.707. The molecule has 2 heterocycles. The number of carbonyl (C=O) groups excluding carboxylic acids is 1. The number of carbonyl (C=O) groups is 1. The molecule has 2 fully saturated rings. The van der Waals surface area contributed by atoms with Crippen molar-refractivity contribution in [2.45, 2.75) is 43.2 Å². The molecule has 1 amide bonds. The lowest BCUT2D eigenvalue weighted by atomic mass is 9.93. The first-order valence-corrected chi connectivity index (χ1v) is 12.2. The minimum atomic E-state index is -4.75. The summed E-state index contributed by atoms with van der Waals surface area (Å²) in [5, 5.41) is 2.96. The highest BCUT2D eigenvalue weighted by molar-refractivity contribution is 7.89. The van der Waals surface area contributed by atoms with E-state index in [9.17, 15) is 26.4 Å². The van der Waals surface area contributed by atoms with Crippen LogP contribution in [0.1, 0.15) is 37.7 Å². The van der Waals surface area contributed by atoms with Crippen molar-refractivity contribution in [2.24, 2.45) is 11.8 Å². The Morgan fingerprint density at radius 3 is 2.29 bits per heavy atom. The number of nitrogens with one attached hydrogen (secondary N) is 1. The zero-order valence-electron chi connectivity index (χ0n) is 17.7. The van der Waals surface area contributed by atoms with Crippen LogP contribution in [0.2, 0.25) is 0 Å². The van der Waals surface area contributed by atoms with Crippen LogP contribution < -0.4 is 5.32 Å². The van der Waals surface area contributed by atoms with Gasteiger partial charge < -0.3 is 10.2 Å². The fraction of sp³-hybridized carbons (Fsp3) is 0.667. The topological polar surface area (TPSA) is 69.7 Å². The standard InChI is InChI=1S/C21H30F3N3O3S/c1-26-12-7-16(8-13-26)6-11-25-20(28)17-9-14-27(15-10-17)31(29,30)19-5-3-2-4-18(19)21(22,23)24/h2-5,16-17H,6-15H2,1H3,(H,25,28). The molecule has 2 aliphatic rings. The summed E-state index contributed by atoms with van der Waals surface area (Å²) in [7, 11) is -2.18. The van der Waals surface area contributed by atoms with E-state index in [1.165, 1.54) is 12.1 Å². The Balaban J connectivity index is 1.51. The molecule has 1 aromatic rings. The summed E-state index contributed by atoms with van der Waals surface area (Å²) in [5.41, 5.74) is -1.16. The van der Waals surface area contributed by atoms with Crippen LogP contribution >= 0.6 is 0 Å². The number of hydrogen-bond donors (Lipinski definition) is 1. The first-order chi connectivity index (χ1) is 14.6. The van der Waals surface area contributed by atoms with Crippen LogP contribution in [0, 0.1) is 11.8 Å². The molecule has 0 aromatic heterocycles. The van der Waals surface area contributed by atoms with Crippen molar-refractivity contribution in [1.29, 1.82) is 0 Å². The molecule has 0 unspecified atom stereocenters. The van der Waals surface area contributed by atoms with Crippen molar-refractivity contribution < 1.29 is 26.4 Å². The fourth-order valence-electron chi connectivity index (χ4n) is 4.32. The maximum Gasteiger partial charge on any atom is 0.417 e. The molecule has 0 spiro atoms. The number of benzene rings is 1. The van der Waals surface area contributed by atoms with Crippen molar-refractivity contribution in [3.63, 3.8) is 0 Å². The predicted octanol–water partition coefficient (Wildman–Crippen LogP) is 2.95. The molecule has 2 aliphatic heterocycles. The van der Waals surface area contributed by atoms with Crippen molar-refractivity contribution in [1.82, 2.24) is 14.5 Å². The van der Waals surface area contributed by atoms with E-state index in [1.807, 2.05) is 0 Å². The molecule has 1 N–H and O–H groups in total. The second-order valence-corrected chi connectivity index (χ2v) is 10.4. The summed E-state index contributed by atoms with van der Waals surface area (Å²) in [4.78, 5) is 14.0. The predicted molar refractivity (Wildman–Crippen MR) is 111 cm³/mol. The van der Waals surface area contributed by atoms with Crippen molar-refractivity contribution in [3.05, 3.63) is 29.8 Å². The average molecular weight is 462 g/mol. The van der Waals surface area contributed by atoms with E-state index in [-0.39, 0.29) is 24.9 Å². The smallest absolute Gasteiger partial charge is 0.356 e. The molecule has 3 rings (SSSR count). The summed E-state index contributed by atoms with van der Waals surface area (Å²) in [6, 6.07) is 4.22.